The molecule has 0 bridgehead atoms. The Bertz CT molecular complexity index is 449. The third-order valence-corrected chi connectivity index (χ3v) is 3.80. The van der Waals surface area contributed by atoms with Crippen molar-refractivity contribution in [2.45, 2.75) is 26.8 Å². The maximum Gasteiger partial charge on any atom is 0.231 e. The van der Waals surface area contributed by atoms with Gasteiger partial charge in [-0.3, -0.25) is 0 Å². The van der Waals surface area contributed by atoms with E-state index in [0.717, 1.165) is 41.0 Å². The SMILES string of the molecule is CC(C)(CCO)CNCc1cc(Br)c2c(c1)OCO2. The highest BCUT2D eigenvalue weighted by molar-refractivity contribution is 9.10. The quantitative estimate of drug-likeness (QED) is 0.842. The third-order valence-electron chi connectivity index (χ3n) is 3.21. The molecule has 0 fully saturated rings. The molecular formula is C14H20BrNO3. The molecule has 2 rings (SSSR count). The Balaban J connectivity index is 1.92. The molecule has 0 amide bonds. The first-order chi connectivity index (χ1) is 9.02. The number of aliphatic hydroxyl groups excluding tert-OH is 1. The van der Waals surface area contributed by atoms with Gasteiger partial charge in [-0.1, -0.05) is 13.8 Å². The third kappa shape index (κ3) is 3.84. The molecule has 0 spiro atoms. The molecule has 0 aromatic heterocycles. The van der Waals surface area contributed by atoms with Crippen LogP contribution >= 0.6 is 15.9 Å². The van der Waals surface area contributed by atoms with E-state index >= 15 is 0 Å². The number of halogens is 1. The molecule has 1 aliphatic rings. The van der Waals surface area contributed by atoms with Crippen molar-refractivity contribution in [3.63, 3.8) is 0 Å². The topological polar surface area (TPSA) is 50.7 Å². The number of nitrogens with one attached hydrogen (secondary N) is 1. The normalized spacial score (nSPS) is 13.9. The van der Waals surface area contributed by atoms with E-state index < -0.39 is 0 Å². The van der Waals surface area contributed by atoms with E-state index in [1.165, 1.54) is 0 Å². The predicted octanol–water partition coefficient (Wildman–Crippen LogP) is 2.68. The van der Waals surface area contributed by atoms with E-state index in [4.69, 9.17) is 14.6 Å². The standard InChI is InChI=1S/C14H20BrNO3/c1-14(2,3-4-17)8-16-7-10-5-11(15)13-12(6-10)18-9-19-13/h5-6,16-17H,3-4,7-9H2,1-2H3. The molecule has 1 aromatic rings. The zero-order valence-electron chi connectivity index (χ0n) is 11.3. The molecule has 4 nitrogen and oxygen atoms in total. The Labute approximate surface area is 122 Å². The van der Waals surface area contributed by atoms with Crippen molar-refractivity contribution in [2.24, 2.45) is 5.41 Å². The first-order valence-electron chi connectivity index (χ1n) is 6.41. The molecule has 5 heteroatoms. The van der Waals surface area contributed by atoms with E-state index in [1.807, 2.05) is 12.1 Å². The smallest absolute Gasteiger partial charge is 0.231 e. The lowest BCUT2D eigenvalue weighted by atomic mass is 9.90. The summed E-state index contributed by atoms with van der Waals surface area (Å²) < 4.78 is 11.7. The molecule has 0 aliphatic carbocycles. The summed E-state index contributed by atoms with van der Waals surface area (Å²) in [5.74, 6) is 1.57. The second-order valence-corrected chi connectivity index (χ2v) is 6.41. The van der Waals surface area contributed by atoms with E-state index in [1.54, 1.807) is 0 Å². The molecule has 19 heavy (non-hydrogen) atoms. The van der Waals surface area contributed by atoms with Crippen molar-refractivity contribution < 1.29 is 14.6 Å². The largest absolute Gasteiger partial charge is 0.454 e. The van der Waals surface area contributed by atoms with Gasteiger partial charge in [-0.2, -0.15) is 0 Å². The maximum atomic E-state index is 9.00. The summed E-state index contributed by atoms with van der Waals surface area (Å²) in [6.07, 6.45) is 0.796. The molecule has 0 radical (unpaired) electrons. The summed E-state index contributed by atoms with van der Waals surface area (Å²) in [5, 5.41) is 12.4. The van der Waals surface area contributed by atoms with Crippen LogP contribution in [0.1, 0.15) is 25.8 Å². The molecule has 1 aromatic carbocycles. The predicted molar refractivity (Wildman–Crippen MR) is 77.5 cm³/mol. The highest BCUT2D eigenvalue weighted by atomic mass is 79.9. The van der Waals surface area contributed by atoms with E-state index in [0.29, 0.717) is 0 Å². The fraction of sp³-hybridized carbons (Fsp3) is 0.571. The van der Waals surface area contributed by atoms with Crippen molar-refractivity contribution in [2.75, 3.05) is 19.9 Å². The van der Waals surface area contributed by atoms with Crippen LogP contribution in [0.15, 0.2) is 16.6 Å². The van der Waals surface area contributed by atoms with Crippen LogP contribution in [-0.2, 0) is 6.54 Å². The van der Waals surface area contributed by atoms with Gasteiger partial charge in [0.05, 0.1) is 4.47 Å². The lowest BCUT2D eigenvalue weighted by molar-refractivity contribution is 0.173. The second-order valence-electron chi connectivity index (χ2n) is 5.55. The van der Waals surface area contributed by atoms with Gasteiger partial charge in [0.1, 0.15) is 0 Å². The van der Waals surface area contributed by atoms with E-state index in [-0.39, 0.29) is 18.8 Å². The second kappa shape index (κ2) is 6.11. The Morgan fingerprint density at radius 1 is 1.37 bits per heavy atom. The molecule has 0 unspecified atom stereocenters. The first-order valence-corrected chi connectivity index (χ1v) is 7.21. The summed E-state index contributed by atoms with van der Waals surface area (Å²) in [6.45, 7) is 6.43. The average Bonchev–Trinajstić information content (AvgIpc) is 2.77. The van der Waals surface area contributed by atoms with E-state index in [2.05, 4.69) is 35.1 Å². The summed E-state index contributed by atoms with van der Waals surface area (Å²) in [6, 6.07) is 4.04. The van der Waals surface area contributed by atoms with E-state index in [9.17, 15) is 0 Å². The number of ether oxygens (including phenoxy) is 2. The van der Waals surface area contributed by atoms with Gasteiger partial charge in [0.25, 0.3) is 0 Å². The first kappa shape index (κ1) is 14.6. The number of benzene rings is 1. The van der Waals surface area contributed by atoms with Crippen molar-refractivity contribution >= 4 is 15.9 Å². The van der Waals surface area contributed by atoms with Crippen LogP contribution < -0.4 is 14.8 Å². The number of hydrogen-bond donors (Lipinski definition) is 2. The van der Waals surface area contributed by atoms with Crippen LogP contribution in [0, 0.1) is 5.41 Å². The van der Waals surface area contributed by atoms with Crippen LogP contribution in [0.3, 0.4) is 0 Å². The monoisotopic (exact) mass is 329 g/mol. The van der Waals surface area contributed by atoms with Gasteiger partial charge < -0.3 is 19.9 Å². The van der Waals surface area contributed by atoms with Gasteiger partial charge in [0.15, 0.2) is 11.5 Å². The van der Waals surface area contributed by atoms with Crippen molar-refractivity contribution in [3.8, 4) is 11.5 Å². The van der Waals surface area contributed by atoms with Gasteiger partial charge in [-0.15, -0.1) is 0 Å². The molecule has 0 atom stereocenters. The fourth-order valence-electron chi connectivity index (χ4n) is 2.06. The maximum absolute atomic E-state index is 9.00. The molecule has 0 saturated carbocycles. The number of hydrogen-bond acceptors (Lipinski definition) is 4. The minimum absolute atomic E-state index is 0.0995. The Morgan fingerprint density at radius 2 is 2.16 bits per heavy atom. The number of rotatable bonds is 6. The van der Waals surface area contributed by atoms with Crippen molar-refractivity contribution in [3.05, 3.63) is 22.2 Å². The summed E-state index contributed by atoms with van der Waals surface area (Å²) in [4.78, 5) is 0. The van der Waals surface area contributed by atoms with Crippen LogP contribution in [0.4, 0.5) is 0 Å². The van der Waals surface area contributed by atoms with Crippen LogP contribution in [0.5, 0.6) is 11.5 Å². The lowest BCUT2D eigenvalue weighted by Gasteiger charge is -2.24. The van der Waals surface area contributed by atoms with Gasteiger partial charge in [-0.05, 0) is 45.5 Å². The van der Waals surface area contributed by atoms with Gasteiger partial charge >= 0.3 is 0 Å². The van der Waals surface area contributed by atoms with Crippen LogP contribution in [0.25, 0.3) is 0 Å². The molecule has 1 heterocycles. The zero-order chi connectivity index (χ0) is 13.9. The molecule has 2 N–H and O–H groups in total. The Hall–Kier alpha value is -0.780. The zero-order valence-corrected chi connectivity index (χ0v) is 12.9. The fourth-order valence-corrected chi connectivity index (χ4v) is 2.66. The van der Waals surface area contributed by atoms with Gasteiger partial charge in [-0.25, -0.2) is 0 Å². The Kier molecular flexibility index (Phi) is 4.71. The van der Waals surface area contributed by atoms with Crippen LogP contribution in [0.2, 0.25) is 0 Å². The molecule has 106 valence electrons. The van der Waals surface area contributed by atoms with Gasteiger partial charge in [0.2, 0.25) is 6.79 Å². The number of fused-ring (bicyclic) bond motifs is 1. The summed E-state index contributed by atoms with van der Waals surface area (Å²) in [5.41, 5.74) is 1.25. The number of aliphatic hydroxyl groups is 1. The summed E-state index contributed by atoms with van der Waals surface area (Å²) in [7, 11) is 0. The average molecular weight is 330 g/mol. The van der Waals surface area contributed by atoms with Crippen molar-refractivity contribution in [1.82, 2.24) is 5.32 Å². The minimum Gasteiger partial charge on any atom is -0.454 e. The highest BCUT2D eigenvalue weighted by Crippen LogP contribution is 2.39. The highest BCUT2D eigenvalue weighted by Gasteiger charge is 2.19. The minimum atomic E-state index is 0.0995. The molecule has 1 aliphatic heterocycles. The lowest BCUT2D eigenvalue weighted by Crippen LogP contribution is -2.29. The Morgan fingerprint density at radius 3 is 2.89 bits per heavy atom. The van der Waals surface area contributed by atoms with Gasteiger partial charge in [0, 0.05) is 19.7 Å². The molecule has 0 saturated heterocycles. The van der Waals surface area contributed by atoms with Crippen molar-refractivity contribution in [1.29, 1.82) is 0 Å². The van der Waals surface area contributed by atoms with Crippen LogP contribution in [-0.4, -0.2) is 25.1 Å². The summed E-state index contributed by atoms with van der Waals surface area (Å²) >= 11 is 3.49. The molecular weight excluding hydrogens is 310 g/mol.